The van der Waals surface area contributed by atoms with Crippen LogP contribution < -0.4 is 16.4 Å². The van der Waals surface area contributed by atoms with Crippen LogP contribution in [0.4, 0.5) is 4.39 Å². The molecule has 3 rings (SSSR count). The summed E-state index contributed by atoms with van der Waals surface area (Å²) in [7, 11) is 0. The highest BCUT2D eigenvalue weighted by Gasteiger charge is 2.24. The summed E-state index contributed by atoms with van der Waals surface area (Å²) < 4.78 is 14.4. The van der Waals surface area contributed by atoms with Crippen molar-refractivity contribution < 1.29 is 14.0 Å². The monoisotopic (exact) mass is 513 g/mol. The molecule has 0 aliphatic rings. The molecular weight excluding hydrogens is 481 g/mol. The van der Waals surface area contributed by atoms with E-state index in [0.29, 0.717) is 18.7 Å². The molecule has 0 atom stereocenters. The normalized spacial score (nSPS) is 10.9. The summed E-state index contributed by atoms with van der Waals surface area (Å²) in [6, 6.07) is 23.3. The standard InChI is InChI=1S/C30H32FN5O2/c1-3-27(23-12-8-5-9-13-23)36(30(38)21(2)34-17-16-22-10-6-4-7-11-22)20-28(37)35-19-25-15-14-24(29(32)33)18-26(25)31/h3-15,18,34H,2,16-17,19-20H2,1H3,(H3,32,33)(H,35,37)/b27-3-. The number of nitrogens with one attached hydrogen (secondary N) is 3. The van der Waals surface area contributed by atoms with Crippen LogP contribution in [-0.4, -0.2) is 35.6 Å². The fourth-order valence-corrected chi connectivity index (χ4v) is 3.85. The molecule has 38 heavy (non-hydrogen) atoms. The highest BCUT2D eigenvalue weighted by atomic mass is 19.1. The second kappa shape index (κ2) is 13.5. The lowest BCUT2D eigenvalue weighted by molar-refractivity contribution is -0.130. The third-order valence-corrected chi connectivity index (χ3v) is 5.87. The third kappa shape index (κ3) is 7.64. The van der Waals surface area contributed by atoms with Crippen molar-refractivity contribution in [3.8, 4) is 0 Å². The maximum atomic E-state index is 14.4. The quantitative estimate of drug-likeness (QED) is 0.167. The summed E-state index contributed by atoms with van der Waals surface area (Å²) in [4.78, 5) is 27.8. The molecule has 0 spiro atoms. The molecule has 3 aromatic rings. The van der Waals surface area contributed by atoms with E-state index in [9.17, 15) is 14.0 Å². The number of amides is 2. The zero-order valence-electron chi connectivity index (χ0n) is 21.3. The number of hydrogen-bond donors (Lipinski definition) is 4. The topological polar surface area (TPSA) is 111 Å². The number of hydrogen-bond acceptors (Lipinski definition) is 4. The van der Waals surface area contributed by atoms with E-state index in [1.807, 2.05) is 60.7 Å². The van der Waals surface area contributed by atoms with Crippen LogP contribution in [-0.2, 0) is 22.6 Å². The van der Waals surface area contributed by atoms with Crippen molar-refractivity contribution in [3.05, 3.63) is 125 Å². The highest BCUT2D eigenvalue weighted by molar-refractivity contribution is 6.00. The van der Waals surface area contributed by atoms with Gasteiger partial charge in [-0.3, -0.25) is 19.9 Å². The average Bonchev–Trinajstić information content (AvgIpc) is 2.92. The van der Waals surface area contributed by atoms with Crippen molar-refractivity contribution in [1.82, 2.24) is 15.5 Å². The largest absolute Gasteiger partial charge is 0.384 e. The predicted molar refractivity (Wildman–Crippen MR) is 148 cm³/mol. The average molecular weight is 514 g/mol. The zero-order chi connectivity index (χ0) is 27.5. The number of nitrogens with two attached hydrogens (primary N) is 1. The summed E-state index contributed by atoms with van der Waals surface area (Å²) in [6.45, 7) is 5.83. The molecule has 0 unspecified atom stereocenters. The lowest BCUT2D eigenvalue weighted by Crippen LogP contribution is -2.42. The molecule has 0 radical (unpaired) electrons. The molecule has 0 aliphatic carbocycles. The van der Waals surface area contributed by atoms with Crippen molar-refractivity contribution in [1.29, 1.82) is 5.41 Å². The number of allylic oxidation sites excluding steroid dienone is 1. The smallest absolute Gasteiger partial charge is 0.274 e. The Hall–Kier alpha value is -4.72. The molecule has 0 fully saturated rings. The Bertz CT molecular complexity index is 1320. The fourth-order valence-electron chi connectivity index (χ4n) is 3.85. The van der Waals surface area contributed by atoms with E-state index in [4.69, 9.17) is 11.1 Å². The van der Waals surface area contributed by atoms with Gasteiger partial charge in [-0.1, -0.05) is 85.5 Å². The van der Waals surface area contributed by atoms with E-state index in [1.165, 1.54) is 17.0 Å². The molecule has 0 aliphatic heterocycles. The van der Waals surface area contributed by atoms with Crippen LogP contribution in [0.3, 0.4) is 0 Å². The second-order valence-electron chi connectivity index (χ2n) is 8.57. The van der Waals surface area contributed by atoms with Crippen molar-refractivity contribution >= 4 is 23.3 Å². The van der Waals surface area contributed by atoms with E-state index >= 15 is 0 Å². The van der Waals surface area contributed by atoms with Crippen molar-refractivity contribution in [2.24, 2.45) is 5.73 Å². The molecule has 8 heteroatoms. The highest BCUT2D eigenvalue weighted by Crippen LogP contribution is 2.21. The number of amidine groups is 1. The first kappa shape index (κ1) is 27.9. The van der Waals surface area contributed by atoms with Crippen LogP contribution in [0, 0.1) is 11.2 Å². The van der Waals surface area contributed by atoms with Gasteiger partial charge in [0.25, 0.3) is 5.91 Å². The summed E-state index contributed by atoms with van der Waals surface area (Å²) in [5, 5.41) is 13.2. The lowest BCUT2D eigenvalue weighted by atomic mass is 10.1. The number of rotatable bonds is 12. The van der Waals surface area contributed by atoms with Crippen LogP contribution in [0.15, 0.2) is 97.2 Å². The van der Waals surface area contributed by atoms with Gasteiger partial charge in [0.1, 0.15) is 18.2 Å². The Morgan fingerprint density at radius 2 is 1.66 bits per heavy atom. The second-order valence-corrected chi connectivity index (χ2v) is 8.57. The fraction of sp³-hybridized carbons (Fsp3) is 0.167. The minimum Gasteiger partial charge on any atom is -0.384 e. The maximum absolute atomic E-state index is 14.4. The van der Waals surface area contributed by atoms with Gasteiger partial charge in [0.15, 0.2) is 0 Å². The van der Waals surface area contributed by atoms with E-state index in [-0.39, 0.29) is 35.7 Å². The Morgan fingerprint density at radius 3 is 2.26 bits per heavy atom. The molecule has 0 saturated carbocycles. The van der Waals surface area contributed by atoms with E-state index < -0.39 is 17.6 Å². The molecule has 196 valence electrons. The minimum atomic E-state index is -0.583. The first-order chi connectivity index (χ1) is 18.3. The molecule has 5 N–H and O–H groups in total. The number of carbonyl (C=O) groups excluding carboxylic acids is 2. The summed E-state index contributed by atoms with van der Waals surface area (Å²) in [5.74, 6) is -1.74. The van der Waals surface area contributed by atoms with Crippen LogP contribution in [0.1, 0.15) is 29.2 Å². The Morgan fingerprint density at radius 1 is 1.00 bits per heavy atom. The third-order valence-electron chi connectivity index (χ3n) is 5.87. The van der Waals surface area contributed by atoms with Crippen molar-refractivity contribution in [3.63, 3.8) is 0 Å². The summed E-state index contributed by atoms with van der Waals surface area (Å²) >= 11 is 0. The molecule has 7 nitrogen and oxygen atoms in total. The Kier molecular flexibility index (Phi) is 9.93. The van der Waals surface area contributed by atoms with Crippen LogP contribution >= 0.6 is 0 Å². The van der Waals surface area contributed by atoms with Gasteiger partial charge in [0, 0.05) is 29.9 Å². The number of halogens is 1. The van der Waals surface area contributed by atoms with Gasteiger partial charge in [-0.25, -0.2) is 4.39 Å². The van der Waals surface area contributed by atoms with E-state index in [0.717, 1.165) is 17.2 Å². The summed E-state index contributed by atoms with van der Waals surface area (Å²) in [6.07, 6.45) is 2.47. The first-order valence-corrected chi connectivity index (χ1v) is 12.2. The number of nitrogens with zero attached hydrogens (tertiary/aromatic N) is 1. The van der Waals surface area contributed by atoms with Crippen LogP contribution in [0.2, 0.25) is 0 Å². The van der Waals surface area contributed by atoms with Gasteiger partial charge in [-0.2, -0.15) is 0 Å². The van der Waals surface area contributed by atoms with E-state index in [1.54, 1.807) is 13.0 Å². The van der Waals surface area contributed by atoms with Gasteiger partial charge >= 0.3 is 0 Å². The van der Waals surface area contributed by atoms with Crippen LogP contribution in [0.5, 0.6) is 0 Å². The molecule has 0 saturated heterocycles. The SMILES string of the molecule is C=C(NCCc1ccccc1)C(=O)N(CC(=O)NCc1ccc(C(=N)N)cc1F)/C(=C\C)c1ccccc1. The maximum Gasteiger partial charge on any atom is 0.274 e. The van der Waals surface area contributed by atoms with Crippen molar-refractivity contribution in [2.45, 2.75) is 19.9 Å². The Labute approximate surface area is 222 Å². The lowest BCUT2D eigenvalue weighted by Gasteiger charge is -2.26. The summed E-state index contributed by atoms with van der Waals surface area (Å²) in [5.41, 5.74) is 8.50. The molecule has 3 aromatic carbocycles. The first-order valence-electron chi connectivity index (χ1n) is 12.2. The number of nitrogen functional groups attached to an aromatic ring is 1. The molecular formula is C30H32FN5O2. The van der Waals surface area contributed by atoms with Gasteiger partial charge in [-0.15, -0.1) is 0 Å². The predicted octanol–water partition coefficient (Wildman–Crippen LogP) is 3.96. The minimum absolute atomic E-state index is 0.0857. The number of benzene rings is 3. The van der Waals surface area contributed by atoms with Gasteiger partial charge in [-0.05, 0) is 30.5 Å². The molecule has 0 heterocycles. The molecule has 0 bridgehead atoms. The van der Waals surface area contributed by atoms with E-state index in [2.05, 4.69) is 17.2 Å². The van der Waals surface area contributed by atoms with Gasteiger partial charge < -0.3 is 16.4 Å². The van der Waals surface area contributed by atoms with Crippen LogP contribution in [0.25, 0.3) is 5.70 Å². The zero-order valence-corrected chi connectivity index (χ0v) is 21.3. The Balaban J connectivity index is 1.72. The van der Waals surface area contributed by atoms with Gasteiger partial charge in [0.05, 0.1) is 5.70 Å². The molecule has 0 aromatic heterocycles. The number of carbonyl (C=O) groups is 2. The molecule has 2 amide bonds. The van der Waals surface area contributed by atoms with Crippen molar-refractivity contribution in [2.75, 3.05) is 13.1 Å². The van der Waals surface area contributed by atoms with Gasteiger partial charge in [0.2, 0.25) is 5.91 Å².